The van der Waals surface area contributed by atoms with Crippen molar-refractivity contribution in [2.45, 2.75) is 6.43 Å². The standard InChI is InChI=1S/C8H5F2N3O/c9-8(10)7-5(3-14)6(12)1-4(2-11)13-7/h1,3,8H,(H2,12,13). The summed E-state index contributed by atoms with van der Waals surface area (Å²) in [6, 6.07) is 2.65. The van der Waals surface area contributed by atoms with Crippen molar-refractivity contribution < 1.29 is 13.6 Å². The lowest BCUT2D eigenvalue weighted by Gasteiger charge is -2.05. The molecule has 6 heteroatoms. The van der Waals surface area contributed by atoms with E-state index in [0.717, 1.165) is 6.07 Å². The Hall–Kier alpha value is -2.03. The van der Waals surface area contributed by atoms with Gasteiger partial charge in [0.15, 0.2) is 6.29 Å². The Labute approximate surface area is 78.0 Å². The van der Waals surface area contributed by atoms with Crippen molar-refractivity contribution in [3.8, 4) is 6.07 Å². The molecule has 0 amide bonds. The number of aromatic nitrogens is 1. The molecule has 0 unspecified atom stereocenters. The Kier molecular flexibility index (Phi) is 2.72. The van der Waals surface area contributed by atoms with Gasteiger partial charge in [-0.05, 0) is 6.07 Å². The molecule has 0 fully saturated rings. The summed E-state index contributed by atoms with van der Waals surface area (Å²) in [5, 5.41) is 8.43. The van der Waals surface area contributed by atoms with Gasteiger partial charge in [0.2, 0.25) is 0 Å². The van der Waals surface area contributed by atoms with Crippen LogP contribution in [-0.4, -0.2) is 11.3 Å². The fourth-order valence-corrected chi connectivity index (χ4v) is 0.947. The molecular weight excluding hydrogens is 192 g/mol. The Morgan fingerprint density at radius 2 is 2.29 bits per heavy atom. The third-order valence-electron chi connectivity index (χ3n) is 1.56. The van der Waals surface area contributed by atoms with Crippen molar-refractivity contribution in [3.63, 3.8) is 0 Å². The number of hydrogen-bond donors (Lipinski definition) is 1. The van der Waals surface area contributed by atoms with Crippen LogP contribution in [0.25, 0.3) is 0 Å². The summed E-state index contributed by atoms with van der Waals surface area (Å²) in [6.07, 6.45) is -2.73. The number of alkyl halides is 2. The first-order valence-corrected chi connectivity index (χ1v) is 3.54. The molecule has 1 aromatic rings. The van der Waals surface area contributed by atoms with Crippen LogP contribution in [0.15, 0.2) is 6.07 Å². The van der Waals surface area contributed by atoms with Crippen molar-refractivity contribution in [3.05, 3.63) is 23.0 Å². The van der Waals surface area contributed by atoms with E-state index in [9.17, 15) is 13.6 Å². The molecule has 0 spiro atoms. The normalized spacial score (nSPS) is 9.86. The molecule has 0 saturated carbocycles. The van der Waals surface area contributed by atoms with E-state index in [0.29, 0.717) is 0 Å². The van der Waals surface area contributed by atoms with E-state index < -0.39 is 12.1 Å². The molecule has 0 aliphatic rings. The zero-order valence-corrected chi connectivity index (χ0v) is 6.87. The van der Waals surface area contributed by atoms with Gasteiger partial charge in [-0.3, -0.25) is 4.79 Å². The summed E-state index contributed by atoms with van der Waals surface area (Å²) in [7, 11) is 0. The first-order chi connectivity index (χ1) is 6.60. The predicted octanol–water partition coefficient (Wildman–Crippen LogP) is 1.29. The number of nitriles is 1. The van der Waals surface area contributed by atoms with Crippen LogP contribution in [-0.2, 0) is 0 Å². The van der Waals surface area contributed by atoms with Crippen LogP contribution in [0.4, 0.5) is 14.5 Å². The molecule has 72 valence electrons. The fraction of sp³-hybridized carbons (Fsp3) is 0.125. The lowest BCUT2D eigenvalue weighted by atomic mass is 10.1. The second kappa shape index (κ2) is 3.79. The second-order valence-corrected chi connectivity index (χ2v) is 2.43. The molecule has 0 radical (unpaired) electrons. The van der Waals surface area contributed by atoms with Crippen LogP contribution in [0.3, 0.4) is 0 Å². The highest BCUT2D eigenvalue weighted by atomic mass is 19.3. The SMILES string of the molecule is N#Cc1cc(N)c(C=O)c(C(F)F)n1. The van der Waals surface area contributed by atoms with E-state index in [1.165, 1.54) is 0 Å². The van der Waals surface area contributed by atoms with Gasteiger partial charge in [0.05, 0.1) is 5.56 Å². The van der Waals surface area contributed by atoms with Gasteiger partial charge in [-0.25, -0.2) is 13.8 Å². The molecular formula is C8H5F2N3O. The first kappa shape index (κ1) is 10.1. The molecule has 1 rings (SSSR count). The summed E-state index contributed by atoms with van der Waals surface area (Å²) in [4.78, 5) is 13.7. The van der Waals surface area contributed by atoms with Gasteiger partial charge >= 0.3 is 0 Å². The molecule has 4 nitrogen and oxygen atoms in total. The minimum Gasteiger partial charge on any atom is -0.398 e. The Balaban J connectivity index is 3.45. The maximum absolute atomic E-state index is 12.3. The number of halogens is 2. The van der Waals surface area contributed by atoms with Gasteiger partial charge in [-0.15, -0.1) is 0 Å². The number of carbonyl (C=O) groups is 1. The average Bonchev–Trinajstić information content (AvgIpc) is 2.16. The molecule has 0 aromatic carbocycles. The average molecular weight is 197 g/mol. The number of carbonyl (C=O) groups excluding carboxylic acids is 1. The topological polar surface area (TPSA) is 79.8 Å². The van der Waals surface area contributed by atoms with Gasteiger partial charge in [0, 0.05) is 5.69 Å². The van der Waals surface area contributed by atoms with E-state index in [1.54, 1.807) is 6.07 Å². The van der Waals surface area contributed by atoms with Crippen molar-refractivity contribution in [1.29, 1.82) is 5.26 Å². The molecule has 0 saturated heterocycles. The number of nitrogens with two attached hydrogens (primary N) is 1. The maximum Gasteiger partial charge on any atom is 0.281 e. The predicted molar refractivity (Wildman–Crippen MR) is 43.7 cm³/mol. The fourth-order valence-electron chi connectivity index (χ4n) is 0.947. The number of hydrogen-bond acceptors (Lipinski definition) is 4. The van der Waals surface area contributed by atoms with E-state index in [2.05, 4.69) is 4.98 Å². The van der Waals surface area contributed by atoms with Gasteiger partial charge in [0.1, 0.15) is 17.5 Å². The molecule has 2 N–H and O–H groups in total. The highest BCUT2D eigenvalue weighted by molar-refractivity contribution is 5.85. The Morgan fingerprint density at radius 1 is 1.64 bits per heavy atom. The van der Waals surface area contributed by atoms with Crippen LogP contribution < -0.4 is 5.73 Å². The highest BCUT2D eigenvalue weighted by Crippen LogP contribution is 2.24. The molecule has 0 aliphatic carbocycles. The number of nitrogen functional groups attached to an aromatic ring is 1. The van der Waals surface area contributed by atoms with Gasteiger partial charge < -0.3 is 5.73 Å². The monoisotopic (exact) mass is 197 g/mol. The van der Waals surface area contributed by atoms with Crippen LogP contribution in [0, 0.1) is 11.3 Å². The third-order valence-corrected chi connectivity index (χ3v) is 1.56. The summed E-state index contributed by atoms with van der Waals surface area (Å²) in [5.74, 6) is 0. The lowest BCUT2D eigenvalue weighted by molar-refractivity contribution is 0.110. The van der Waals surface area contributed by atoms with Crippen molar-refractivity contribution in [2.75, 3.05) is 5.73 Å². The zero-order chi connectivity index (χ0) is 10.7. The van der Waals surface area contributed by atoms with Crippen LogP contribution in [0.1, 0.15) is 28.2 Å². The minimum absolute atomic E-state index is 0.165. The van der Waals surface area contributed by atoms with E-state index in [-0.39, 0.29) is 23.2 Å². The summed E-state index contributed by atoms with van der Waals surface area (Å²) in [5.41, 5.74) is 3.78. The molecule has 0 aliphatic heterocycles. The van der Waals surface area contributed by atoms with Gasteiger partial charge in [0.25, 0.3) is 6.43 Å². The molecule has 1 heterocycles. The lowest BCUT2D eigenvalue weighted by Crippen LogP contribution is -2.04. The summed E-state index contributed by atoms with van der Waals surface area (Å²) in [6.45, 7) is 0. The highest BCUT2D eigenvalue weighted by Gasteiger charge is 2.18. The number of rotatable bonds is 2. The summed E-state index contributed by atoms with van der Waals surface area (Å²) < 4.78 is 24.6. The maximum atomic E-state index is 12.3. The van der Waals surface area contributed by atoms with E-state index >= 15 is 0 Å². The number of nitrogens with zero attached hydrogens (tertiary/aromatic N) is 2. The Bertz CT molecular complexity index is 412. The molecule has 14 heavy (non-hydrogen) atoms. The van der Waals surface area contributed by atoms with Crippen LogP contribution >= 0.6 is 0 Å². The van der Waals surface area contributed by atoms with E-state index in [4.69, 9.17) is 11.0 Å². The van der Waals surface area contributed by atoms with Crippen molar-refractivity contribution in [1.82, 2.24) is 4.98 Å². The smallest absolute Gasteiger partial charge is 0.281 e. The summed E-state index contributed by atoms with van der Waals surface area (Å²) >= 11 is 0. The largest absolute Gasteiger partial charge is 0.398 e. The number of pyridine rings is 1. The number of aldehydes is 1. The first-order valence-electron chi connectivity index (χ1n) is 3.54. The molecule has 0 bridgehead atoms. The van der Waals surface area contributed by atoms with E-state index in [1.807, 2.05) is 0 Å². The molecule has 1 aromatic heterocycles. The van der Waals surface area contributed by atoms with Crippen LogP contribution in [0.5, 0.6) is 0 Å². The third kappa shape index (κ3) is 1.66. The second-order valence-electron chi connectivity index (χ2n) is 2.43. The quantitative estimate of drug-likeness (QED) is 0.724. The molecule has 0 atom stereocenters. The van der Waals surface area contributed by atoms with Crippen LogP contribution in [0.2, 0.25) is 0 Å². The van der Waals surface area contributed by atoms with Crippen molar-refractivity contribution >= 4 is 12.0 Å². The van der Waals surface area contributed by atoms with Gasteiger partial charge in [-0.1, -0.05) is 0 Å². The zero-order valence-electron chi connectivity index (χ0n) is 6.87. The minimum atomic E-state index is -2.93. The van der Waals surface area contributed by atoms with Crippen molar-refractivity contribution in [2.24, 2.45) is 0 Å². The van der Waals surface area contributed by atoms with Gasteiger partial charge in [-0.2, -0.15) is 5.26 Å². The Morgan fingerprint density at radius 3 is 2.71 bits per heavy atom. The number of anilines is 1.